The summed E-state index contributed by atoms with van der Waals surface area (Å²) in [6.07, 6.45) is 0. The van der Waals surface area contributed by atoms with Gasteiger partial charge in [-0.2, -0.15) is 0 Å². The van der Waals surface area contributed by atoms with Gasteiger partial charge in [0.2, 0.25) is 0 Å². The molecule has 3 aromatic carbocycles. The van der Waals surface area contributed by atoms with Gasteiger partial charge in [-0.15, -0.1) is 0 Å². The molecular formula is C28H24N4O5. The van der Waals surface area contributed by atoms with Crippen molar-refractivity contribution in [2.24, 2.45) is 0 Å². The van der Waals surface area contributed by atoms with Gasteiger partial charge in [0.25, 0.3) is 17.7 Å². The first-order valence-electron chi connectivity index (χ1n) is 11.3. The summed E-state index contributed by atoms with van der Waals surface area (Å²) in [5.41, 5.74) is 3.03. The van der Waals surface area contributed by atoms with Crippen molar-refractivity contribution in [3.8, 4) is 0 Å². The van der Waals surface area contributed by atoms with Gasteiger partial charge in [-0.05, 0) is 67.6 Å². The van der Waals surface area contributed by atoms with E-state index in [1.165, 1.54) is 25.1 Å². The van der Waals surface area contributed by atoms with Crippen molar-refractivity contribution in [1.82, 2.24) is 0 Å². The summed E-state index contributed by atoms with van der Waals surface area (Å²) in [5, 5.41) is 11.1. The molecule has 0 bridgehead atoms. The van der Waals surface area contributed by atoms with Crippen LogP contribution in [0.25, 0.3) is 0 Å². The molecule has 0 aliphatic heterocycles. The van der Waals surface area contributed by atoms with Crippen molar-refractivity contribution in [2.45, 2.75) is 6.92 Å². The highest BCUT2D eigenvalue weighted by molar-refractivity contribution is 6.08. The zero-order chi connectivity index (χ0) is 26.4. The minimum absolute atomic E-state index is 0.0196. The van der Waals surface area contributed by atoms with Crippen molar-refractivity contribution < 1.29 is 23.6 Å². The predicted octanol–water partition coefficient (Wildman–Crippen LogP) is 5.28. The van der Waals surface area contributed by atoms with Crippen molar-refractivity contribution in [1.29, 1.82) is 0 Å². The summed E-state index contributed by atoms with van der Waals surface area (Å²) >= 11 is 0. The second-order valence-corrected chi connectivity index (χ2v) is 8.07. The van der Waals surface area contributed by atoms with Crippen molar-refractivity contribution >= 4 is 46.3 Å². The lowest BCUT2D eigenvalue weighted by Gasteiger charge is -2.09. The van der Waals surface area contributed by atoms with Gasteiger partial charge >= 0.3 is 0 Å². The number of amides is 3. The average molecular weight is 497 g/mol. The van der Waals surface area contributed by atoms with Gasteiger partial charge in [-0.1, -0.05) is 24.3 Å². The molecule has 0 aliphatic carbocycles. The molecular weight excluding hydrogens is 472 g/mol. The van der Waals surface area contributed by atoms with E-state index in [-0.39, 0.29) is 17.3 Å². The standard InChI is InChI=1S/C28H24N4O5/c1-17(33)18-6-3-7-19(14-18)26(34)30-22-10-5-11-23(16-22)32-28(36)25-13-12-24(37-25)27(35)31-21-9-4-8-20(15-21)29-2/h3-16,29H,1-2H3,(H,30,34)(H,31,35)(H,32,36). The Morgan fingerprint density at radius 3 is 1.57 bits per heavy atom. The molecule has 186 valence electrons. The summed E-state index contributed by atoms with van der Waals surface area (Å²) in [4.78, 5) is 49.4. The Hall–Kier alpha value is -5.18. The number of benzene rings is 3. The van der Waals surface area contributed by atoms with Crippen LogP contribution in [0.1, 0.15) is 48.7 Å². The topological polar surface area (TPSA) is 130 Å². The van der Waals surface area contributed by atoms with E-state index in [0.717, 1.165) is 5.69 Å². The molecule has 1 aromatic heterocycles. The fourth-order valence-electron chi connectivity index (χ4n) is 3.48. The highest BCUT2D eigenvalue weighted by Crippen LogP contribution is 2.20. The van der Waals surface area contributed by atoms with Crippen LogP contribution >= 0.6 is 0 Å². The Morgan fingerprint density at radius 1 is 0.568 bits per heavy atom. The summed E-state index contributed by atoms with van der Waals surface area (Å²) < 4.78 is 5.45. The van der Waals surface area contributed by atoms with Gasteiger partial charge in [0, 0.05) is 40.9 Å². The van der Waals surface area contributed by atoms with Crippen molar-refractivity contribution in [3.63, 3.8) is 0 Å². The number of Topliss-reactive ketones (excluding diaryl/α,β-unsaturated/α-hetero) is 1. The van der Waals surface area contributed by atoms with Crippen LogP contribution in [0.2, 0.25) is 0 Å². The first-order chi connectivity index (χ1) is 17.8. The van der Waals surface area contributed by atoms with E-state index in [9.17, 15) is 19.2 Å². The third-order valence-electron chi connectivity index (χ3n) is 5.37. The minimum Gasteiger partial charge on any atom is -0.446 e. The summed E-state index contributed by atoms with van der Waals surface area (Å²) in [5.74, 6) is -1.66. The second-order valence-electron chi connectivity index (χ2n) is 8.07. The van der Waals surface area contributed by atoms with Crippen LogP contribution in [0.15, 0.2) is 89.3 Å². The number of furan rings is 1. The number of carbonyl (C=O) groups is 4. The fraction of sp³-hybridized carbons (Fsp3) is 0.0714. The third kappa shape index (κ3) is 6.29. The van der Waals surface area contributed by atoms with Crippen LogP contribution in [-0.4, -0.2) is 30.6 Å². The van der Waals surface area contributed by atoms with Gasteiger partial charge in [-0.3, -0.25) is 19.2 Å². The Labute approximate surface area is 212 Å². The zero-order valence-corrected chi connectivity index (χ0v) is 20.1. The molecule has 0 aliphatic rings. The van der Waals surface area contributed by atoms with Gasteiger partial charge in [0.05, 0.1) is 0 Å². The van der Waals surface area contributed by atoms with Crippen LogP contribution in [0.3, 0.4) is 0 Å². The Kier molecular flexibility index (Phi) is 7.44. The Morgan fingerprint density at radius 2 is 1.03 bits per heavy atom. The van der Waals surface area contributed by atoms with E-state index in [4.69, 9.17) is 4.42 Å². The van der Waals surface area contributed by atoms with E-state index in [2.05, 4.69) is 21.3 Å². The second kappa shape index (κ2) is 11.0. The SMILES string of the molecule is CNc1cccc(NC(=O)c2ccc(C(=O)Nc3cccc(NC(=O)c4cccc(C(C)=O)c4)c3)o2)c1. The molecule has 0 fully saturated rings. The quantitative estimate of drug-likeness (QED) is 0.246. The minimum atomic E-state index is -0.561. The largest absolute Gasteiger partial charge is 0.446 e. The molecule has 0 unspecified atom stereocenters. The fourth-order valence-corrected chi connectivity index (χ4v) is 3.48. The smallest absolute Gasteiger partial charge is 0.291 e. The molecule has 0 spiro atoms. The number of rotatable bonds is 8. The van der Waals surface area contributed by atoms with E-state index in [1.807, 2.05) is 6.07 Å². The Bertz CT molecular complexity index is 1490. The molecule has 9 heteroatoms. The third-order valence-corrected chi connectivity index (χ3v) is 5.37. The summed E-state index contributed by atoms with van der Waals surface area (Å²) in [7, 11) is 1.77. The van der Waals surface area contributed by atoms with Crippen LogP contribution in [0, 0.1) is 0 Å². The number of anilines is 4. The first-order valence-corrected chi connectivity index (χ1v) is 11.3. The van der Waals surface area contributed by atoms with E-state index in [0.29, 0.717) is 28.2 Å². The molecule has 3 amide bonds. The molecule has 1 heterocycles. The molecule has 0 atom stereocenters. The molecule has 0 saturated carbocycles. The number of nitrogens with one attached hydrogen (secondary N) is 4. The number of hydrogen-bond donors (Lipinski definition) is 4. The maximum Gasteiger partial charge on any atom is 0.291 e. The van der Waals surface area contributed by atoms with Gasteiger partial charge in [0.15, 0.2) is 17.3 Å². The lowest BCUT2D eigenvalue weighted by Crippen LogP contribution is -2.14. The Balaban J connectivity index is 1.39. The highest BCUT2D eigenvalue weighted by atomic mass is 16.4. The number of carbonyl (C=O) groups excluding carboxylic acids is 4. The van der Waals surface area contributed by atoms with Gasteiger partial charge < -0.3 is 25.7 Å². The summed E-state index contributed by atoms with van der Waals surface area (Å²) in [6.45, 7) is 1.43. The maximum atomic E-state index is 12.7. The lowest BCUT2D eigenvalue weighted by molar-refractivity contribution is 0.0969. The van der Waals surface area contributed by atoms with Crippen LogP contribution in [-0.2, 0) is 0 Å². The van der Waals surface area contributed by atoms with Crippen LogP contribution in [0.5, 0.6) is 0 Å². The maximum absolute atomic E-state index is 12.7. The molecule has 4 rings (SSSR count). The van der Waals surface area contributed by atoms with Gasteiger partial charge in [-0.25, -0.2) is 0 Å². The number of ketones is 1. The van der Waals surface area contributed by atoms with E-state index in [1.54, 1.807) is 67.7 Å². The van der Waals surface area contributed by atoms with Crippen LogP contribution in [0.4, 0.5) is 22.7 Å². The summed E-state index contributed by atoms with van der Waals surface area (Å²) in [6, 6.07) is 22.9. The first kappa shape index (κ1) is 24.9. The highest BCUT2D eigenvalue weighted by Gasteiger charge is 2.17. The number of hydrogen-bond acceptors (Lipinski definition) is 6. The molecule has 4 N–H and O–H groups in total. The van der Waals surface area contributed by atoms with Crippen LogP contribution < -0.4 is 21.3 Å². The normalized spacial score (nSPS) is 10.3. The zero-order valence-electron chi connectivity index (χ0n) is 20.1. The van der Waals surface area contributed by atoms with Crippen molar-refractivity contribution in [3.05, 3.63) is 108 Å². The lowest BCUT2D eigenvalue weighted by atomic mass is 10.1. The predicted molar refractivity (Wildman–Crippen MR) is 141 cm³/mol. The van der Waals surface area contributed by atoms with E-state index >= 15 is 0 Å². The van der Waals surface area contributed by atoms with E-state index < -0.39 is 17.7 Å². The molecule has 4 aromatic rings. The average Bonchev–Trinajstić information content (AvgIpc) is 3.40. The molecule has 0 saturated heterocycles. The molecule has 37 heavy (non-hydrogen) atoms. The molecule has 0 radical (unpaired) electrons. The molecule has 9 nitrogen and oxygen atoms in total. The monoisotopic (exact) mass is 496 g/mol. The van der Waals surface area contributed by atoms with Crippen molar-refractivity contribution in [2.75, 3.05) is 28.3 Å². The van der Waals surface area contributed by atoms with Gasteiger partial charge in [0.1, 0.15) is 0 Å².